The van der Waals surface area contributed by atoms with Crippen LogP contribution in [0.3, 0.4) is 0 Å². The molecule has 1 amide bonds. The fourth-order valence-corrected chi connectivity index (χ4v) is 4.20. The monoisotopic (exact) mass is 374 g/mol. The van der Waals surface area contributed by atoms with E-state index < -0.39 is 10.0 Å². The Bertz CT molecular complexity index is 923. The molecule has 0 spiro atoms. The van der Waals surface area contributed by atoms with Crippen molar-refractivity contribution in [3.05, 3.63) is 59.2 Å². The van der Waals surface area contributed by atoms with E-state index in [1.54, 1.807) is 17.0 Å². The van der Waals surface area contributed by atoms with Crippen LogP contribution in [0, 0.1) is 6.92 Å². The second-order valence-electron chi connectivity index (χ2n) is 6.26. The number of fused-ring (bicyclic) bond motifs is 1. The van der Waals surface area contributed by atoms with Gasteiger partial charge in [0.2, 0.25) is 0 Å². The lowest BCUT2D eigenvalue weighted by Crippen LogP contribution is -2.36. The summed E-state index contributed by atoms with van der Waals surface area (Å²) < 4.78 is 25.3. The molecule has 26 heavy (non-hydrogen) atoms. The maximum absolute atomic E-state index is 13.0. The summed E-state index contributed by atoms with van der Waals surface area (Å²) in [6.45, 7) is 2.66. The summed E-state index contributed by atoms with van der Waals surface area (Å²) in [6.07, 6.45) is 1.87. The zero-order valence-electron chi connectivity index (χ0n) is 15.1. The van der Waals surface area contributed by atoms with Crippen molar-refractivity contribution < 1.29 is 18.0 Å². The van der Waals surface area contributed by atoms with E-state index >= 15 is 0 Å². The maximum Gasteiger partial charge on any atom is 0.264 e. The number of carbonyl (C=O) groups excluding carboxylic acids is 1. The molecule has 0 aliphatic carbocycles. The average molecular weight is 374 g/mol. The van der Waals surface area contributed by atoms with Crippen molar-refractivity contribution in [3.63, 3.8) is 0 Å². The average Bonchev–Trinajstić information content (AvgIpc) is 2.66. The Morgan fingerprint density at radius 3 is 2.50 bits per heavy atom. The summed E-state index contributed by atoms with van der Waals surface area (Å²) in [7, 11) is -1.12. The van der Waals surface area contributed by atoms with Crippen LogP contribution >= 0.6 is 0 Å². The molecule has 1 aliphatic heterocycles. The van der Waals surface area contributed by atoms with Crippen molar-refractivity contribution in [2.24, 2.45) is 0 Å². The van der Waals surface area contributed by atoms with E-state index in [1.807, 2.05) is 19.1 Å². The summed E-state index contributed by atoms with van der Waals surface area (Å²) in [5, 5.41) is 0. The van der Waals surface area contributed by atoms with Gasteiger partial charge in [-0.15, -0.1) is 0 Å². The molecule has 0 bridgehead atoms. The van der Waals surface area contributed by atoms with E-state index in [4.69, 9.17) is 4.84 Å². The first kappa shape index (κ1) is 18.6. The summed E-state index contributed by atoms with van der Waals surface area (Å²) in [4.78, 5) is 19.6. The molecular weight excluding hydrogens is 352 g/mol. The Morgan fingerprint density at radius 2 is 1.85 bits per heavy atom. The number of carbonyl (C=O) groups is 1. The number of aryl methyl sites for hydroxylation is 2. The Kier molecular flexibility index (Phi) is 5.13. The first-order chi connectivity index (χ1) is 12.4. The topological polar surface area (TPSA) is 66.9 Å². The lowest BCUT2D eigenvalue weighted by molar-refractivity contribution is -0.0258. The van der Waals surface area contributed by atoms with E-state index in [0.29, 0.717) is 12.1 Å². The molecule has 0 saturated carbocycles. The maximum atomic E-state index is 13.0. The summed E-state index contributed by atoms with van der Waals surface area (Å²) in [5.74, 6) is -0.121. The van der Waals surface area contributed by atoms with Crippen LogP contribution in [0.4, 0.5) is 5.69 Å². The van der Waals surface area contributed by atoms with Gasteiger partial charge in [0.15, 0.2) is 0 Å². The largest absolute Gasteiger partial charge is 0.308 e. The van der Waals surface area contributed by atoms with Crippen molar-refractivity contribution in [1.29, 1.82) is 0 Å². The number of benzene rings is 2. The number of hydrogen-bond acceptors (Lipinski definition) is 4. The van der Waals surface area contributed by atoms with Crippen molar-refractivity contribution in [2.75, 3.05) is 25.6 Å². The van der Waals surface area contributed by atoms with Crippen molar-refractivity contribution in [3.8, 4) is 0 Å². The molecule has 0 saturated heterocycles. The Hall–Kier alpha value is -2.22. The van der Waals surface area contributed by atoms with Crippen molar-refractivity contribution >= 4 is 21.6 Å². The van der Waals surface area contributed by atoms with E-state index in [2.05, 4.69) is 6.07 Å². The second-order valence-corrected chi connectivity index (χ2v) is 8.20. The highest BCUT2D eigenvalue weighted by Crippen LogP contribution is 2.31. The lowest BCUT2D eigenvalue weighted by atomic mass is 9.97. The molecule has 2 aromatic rings. The molecule has 7 heteroatoms. The van der Waals surface area contributed by atoms with Gasteiger partial charge in [0.25, 0.3) is 15.9 Å². The molecule has 0 atom stereocenters. The Morgan fingerprint density at radius 1 is 1.15 bits per heavy atom. The standard InChI is InChI=1S/C19H22N2O4S/c1-14-6-4-7-15-8-5-13-21(18(14)15)19(22)16-9-11-17(12-10-16)26(23,24)20(2)25-3/h4,6-7,9-12H,5,8,13H2,1-3H3. The molecule has 0 N–H and O–H groups in total. The first-order valence-corrected chi connectivity index (χ1v) is 9.83. The third kappa shape index (κ3) is 3.25. The SMILES string of the molecule is CON(C)S(=O)(=O)c1ccc(C(=O)N2CCCc3cccc(C)c32)cc1. The highest BCUT2D eigenvalue weighted by molar-refractivity contribution is 7.89. The van der Waals surface area contributed by atoms with Gasteiger partial charge in [0.1, 0.15) is 0 Å². The molecule has 0 radical (unpaired) electrons. The van der Waals surface area contributed by atoms with E-state index in [9.17, 15) is 13.2 Å². The van der Waals surface area contributed by atoms with Crippen LogP contribution in [0.25, 0.3) is 0 Å². The van der Waals surface area contributed by atoms with Gasteiger partial charge in [0.05, 0.1) is 17.7 Å². The Balaban J connectivity index is 1.91. The second kappa shape index (κ2) is 7.19. The van der Waals surface area contributed by atoms with Crippen molar-refractivity contribution in [2.45, 2.75) is 24.7 Å². The predicted molar refractivity (Wildman–Crippen MR) is 99.6 cm³/mol. The van der Waals surface area contributed by atoms with Gasteiger partial charge in [-0.2, -0.15) is 0 Å². The summed E-state index contributed by atoms with van der Waals surface area (Å²) in [5.41, 5.74) is 3.67. The van der Waals surface area contributed by atoms with Crippen LogP contribution in [0.5, 0.6) is 0 Å². The molecule has 2 aromatic carbocycles. The van der Waals surface area contributed by atoms with Crippen LogP contribution in [-0.4, -0.2) is 39.5 Å². The molecule has 3 rings (SSSR count). The van der Waals surface area contributed by atoms with E-state index in [0.717, 1.165) is 28.6 Å². The van der Waals surface area contributed by atoms with Gasteiger partial charge in [-0.05, 0) is 55.2 Å². The number of hydrogen-bond donors (Lipinski definition) is 0. The molecule has 0 aromatic heterocycles. The zero-order chi connectivity index (χ0) is 18.9. The van der Waals surface area contributed by atoms with Crippen LogP contribution in [0.1, 0.15) is 27.9 Å². The summed E-state index contributed by atoms with van der Waals surface area (Å²) >= 11 is 0. The zero-order valence-corrected chi connectivity index (χ0v) is 15.9. The van der Waals surface area contributed by atoms with Crippen LogP contribution in [0.15, 0.2) is 47.4 Å². The number of amides is 1. The molecule has 6 nitrogen and oxygen atoms in total. The number of para-hydroxylation sites is 1. The molecular formula is C19H22N2O4S. The van der Waals surface area contributed by atoms with E-state index in [-0.39, 0.29) is 10.8 Å². The summed E-state index contributed by atoms with van der Waals surface area (Å²) in [6, 6.07) is 12.0. The van der Waals surface area contributed by atoms with Gasteiger partial charge in [0, 0.05) is 19.2 Å². The number of sulfonamides is 1. The van der Waals surface area contributed by atoms with E-state index in [1.165, 1.54) is 31.9 Å². The first-order valence-electron chi connectivity index (χ1n) is 8.39. The van der Waals surface area contributed by atoms with Gasteiger partial charge in [-0.25, -0.2) is 8.42 Å². The minimum absolute atomic E-state index is 0.0774. The fourth-order valence-electron chi connectivity index (χ4n) is 3.22. The molecule has 1 heterocycles. The van der Waals surface area contributed by atoms with Gasteiger partial charge in [-0.3, -0.25) is 9.63 Å². The fraction of sp³-hybridized carbons (Fsp3) is 0.316. The lowest BCUT2D eigenvalue weighted by Gasteiger charge is -2.31. The molecule has 1 aliphatic rings. The van der Waals surface area contributed by atoms with Crippen LogP contribution in [-0.2, 0) is 21.3 Å². The van der Waals surface area contributed by atoms with Crippen LogP contribution < -0.4 is 4.90 Å². The van der Waals surface area contributed by atoms with Gasteiger partial charge < -0.3 is 4.90 Å². The number of rotatable bonds is 4. The molecule has 0 unspecified atom stereocenters. The third-order valence-corrected chi connectivity index (χ3v) is 6.35. The smallest absolute Gasteiger partial charge is 0.264 e. The highest BCUT2D eigenvalue weighted by atomic mass is 32.2. The quantitative estimate of drug-likeness (QED) is 0.772. The minimum atomic E-state index is -3.73. The van der Waals surface area contributed by atoms with Crippen LogP contribution in [0.2, 0.25) is 0 Å². The molecule has 0 fully saturated rings. The molecule has 138 valence electrons. The Labute approximate surface area is 154 Å². The van der Waals surface area contributed by atoms with Crippen molar-refractivity contribution in [1.82, 2.24) is 4.47 Å². The number of anilines is 1. The number of hydroxylamine groups is 1. The van der Waals surface area contributed by atoms with Gasteiger partial charge in [-0.1, -0.05) is 22.7 Å². The normalized spacial score (nSPS) is 14.4. The third-order valence-electron chi connectivity index (χ3n) is 4.66. The number of nitrogens with zero attached hydrogens (tertiary/aromatic N) is 2. The predicted octanol–water partition coefficient (Wildman–Crippen LogP) is 2.77. The van der Waals surface area contributed by atoms with Gasteiger partial charge >= 0.3 is 0 Å². The minimum Gasteiger partial charge on any atom is -0.308 e. The highest BCUT2D eigenvalue weighted by Gasteiger charge is 2.26.